The molecule has 1 unspecified atom stereocenters. The van der Waals surface area contributed by atoms with Gasteiger partial charge in [-0.25, -0.2) is 4.39 Å². The van der Waals surface area contributed by atoms with E-state index < -0.39 is 0 Å². The van der Waals surface area contributed by atoms with Gasteiger partial charge in [0.25, 0.3) is 0 Å². The SMILES string of the molecule is CCNC(CCOC)Cc1cc(Cl)ccc1F. The van der Waals surface area contributed by atoms with Crippen LogP contribution in [0.1, 0.15) is 18.9 Å². The largest absolute Gasteiger partial charge is 0.385 e. The molecule has 1 rings (SSSR count). The number of ether oxygens (including phenoxy) is 1. The quantitative estimate of drug-likeness (QED) is 0.813. The fourth-order valence-corrected chi connectivity index (χ4v) is 1.98. The van der Waals surface area contributed by atoms with Gasteiger partial charge in [0, 0.05) is 24.8 Å². The molecular formula is C13H19ClFNO. The summed E-state index contributed by atoms with van der Waals surface area (Å²) >= 11 is 5.87. The van der Waals surface area contributed by atoms with Crippen molar-refractivity contribution in [2.45, 2.75) is 25.8 Å². The highest BCUT2D eigenvalue weighted by atomic mass is 35.5. The van der Waals surface area contributed by atoms with Crippen LogP contribution in [0.5, 0.6) is 0 Å². The molecule has 0 amide bonds. The van der Waals surface area contributed by atoms with Gasteiger partial charge in [0.1, 0.15) is 5.82 Å². The zero-order valence-corrected chi connectivity index (χ0v) is 11.1. The standard InChI is InChI=1S/C13H19ClFNO/c1-3-16-12(6-7-17-2)9-10-8-11(14)4-5-13(10)15/h4-5,8,12,16H,3,6-7,9H2,1-2H3. The average molecular weight is 260 g/mol. The molecule has 0 saturated heterocycles. The van der Waals surface area contributed by atoms with Crippen molar-refractivity contribution in [3.05, 3.63) is 34.6 Å². The summed E-state index contributed by atoms with van der Waals surface area (Å²) in [6.07, 6.45) is 1.49. The minimum absolute atomic E-state index is 0.199. The van der Waals surface area contributed by atoms with Crippen LogP contribution in [-0.2, 0) is 11.2 Å². The second-order valence-corrected chi connectivity index (χ2v) is 4.41. The maximum absolute atomic E-state index is 13.6. The van der Waals surface area contributed by atoms with Crippen LogP contribution in [0, 0.1) is 5.82 Å². The maximum atomic E-state index is 13.6. The number of hydrogen-bond acceptors (Lipinski definition) is 2. The Kier molecular flexibility index (Phi) is 6.48. The molecule has 2 nitrogen and oxygen atoms in total. The molecule has 1 atom stereocenters. The number of nitrogens with one attached hydrogen (secondary N) is 1. The molecule has 17 heavy (non-hydrogen) atoms. The van der Waals surface area contributed by atoms with Crippen LogP contribution in [-0.4, -0.2) is 26.3 Å². The van der Waals surface area contributed by atoms with E-state index in [0.29, 0.717) is 23.6 Å². The third kappa shape index (κ3) is 5.02. The first-order chi connectivity index (χ1) is 8.17. The third-order valence-electron chi connectivity index (χ3n) is 2.64. The Morgan fingerprint density at radius 2 is 2.24 bits per heavy atom. The predicted molar refractivity (Wildman–Crippen MR) is 69.1 cm³/mol. The summed E-state index contributed by atoms with van der Waals surface area (Å²) in [6.45, 7) is 3.56. The second kappa shape index (κ2) is 7.64. The molecule has 0 radical (unpaired) electrons. The molecule has 4 heteroatoms. The van der Waals surface area contributed by atoms with Gasteiger partial charge in [-0.2, -0.15) is 0 Å². The van der Waals surface area contributed by atoms with Crippen LogP contribution >= 0.6 is 11.6 Å². The van der Waals surface area contributed by atoms with E-state index in [9.17, 15) is 4.39 Å². The van der Waals surface area contributed by atoms with Crippen molar-refractivity contribution >= 4 is 11.6 Å². The lowest BCUT2D eigenvalue weighted by molar-refractivity contribution is 0.182. The van der Waals surface area contributed by atoms with Crippen LogP contribution in [0.3, 0.4) is 0 Å². The molecule has 0 fully saturated rings. The number of rotatable bonds is 7. The van der Waals surface area contributed by atoms with E-state index in [4.69, 9.17) is 16.3 Å². The van der Waals surface area contributed by atoms with Gasteiger partial charge in [-0.15, -0.1) is 0 Å². The van der Waals surface area contributed by atoms with E-state index in [1.807, 2.05) is 6.92 Å². The lowest BCUT2D eigenvalue weighted by Crippen LogP contribution is -2.32. The van der Waals surface area contributed by atoms with E-state index in [1.54, 1.807) is 19.2 Å². The molecular weight excluding hydrogens is 241 g/mol. The summed E-state index contributed by atoms with van der Waals surface area (Å²) in [7, 11) is 1.67. The van der Waals surface area contributed by atoms with E-state index in [2.05, 4.69) is 5.32 Å². The molecule has 1 aromatic carbocycles. The Labute approximate surface area is 107 Å². The van der Waals surface area contributed by atoms with E-state index in [1.165, 1.54) is 6.07 Å². The first kappa shape index (κ1) is 14.4. The van der Waals surface area contributed by atoms with E-state index in [-0.39, 0.29) is 11.9 Å². The number of hydrogen-bond donors (Lipinski definition) is 1. The van der Waals surface area contributed by atoms with Crippen molar-refractivity contribution in [1.82, 2.24) is 5.32 Å². The molecule has 0 aliphatic rings. The maximum Gasteiger partial charge on any atom is 0.126 e. The summed E-state index contributed by atoms with van der Waals surface area (Å²) in [5.74, 6) is -0.199. The topological polar surface area (TPSA) is 21.3 Å². The number of halogens is 2. The third-order valence-corrected chi connectivity index (χ3v) is 2.87. The van der Waals surface area contributed by atoms with Crippen LogP contribution in [0.4, 0.5) is 4.39 Å². The molecule has 1 aromatic rings. The van der Waals surface area contributed by atoms with Crippen molar-refractivity contribution in [2.75, 3.05) is 20.3 Å². The molecule has 0 spiro atoms. The van der Waals surface area contributed by atoms with Crippen LogP contribution in [0.15, 0.2) is 18.2 Å². The van der Waals surface area contributed by atoms with E-state index >= 15 is 0 Å². The summed E-state index contributed by atoms with van der Waals surface area (Å²) in [5, 5.41) is 3.90. The molecule has 0 saturated carbocycles. The second-order valence-electron chi connectivity index (χ2n) is 3.98. The predicted octanol–water partition coefficient (Wildman–Crippen LogP) is 3.04. The molecule has 0 aliphatic carbocycles. The fourth-order valence-electron chi connectivity index (χ4n) is 1.79. The van der Waals surface area contributed by atoms with Crippen LogP contribution in [0.2, 0.25) is 5.02 Å². The van der Waals surface area contributed by atoms with Crippen molar-refractivity contribution < 1.29 is 9.13 Å². The van der Waals surface area contributed by atoms with Gasteiger partial charge < -0.3 is 10.1 Å². The zero-order chi connectivity index (χ0) is 12.7. The summed E-state index contributed by atoms with van der Waals surface area (Å²) in [4.78, 5) is 0. The number of likely N-dealkylation sites (N-methyl/N-ethyl adjacent to an activating group) is 1. The summed E-state index contributed by atoms with van der Waals surface area (Å²) in [5.41, 5.74) is 0.652. The molecule has 0 aliphatic heterocycles. The summed E-state index contributed by atoms with van der Waals surface area (Å²) < 4.78 is 18.6. The molecule has 1 N–H and O–H groups in total. The monoisotopic (exact) mass is 259 g/mol. The Morgan fingerprint density at radius 3 is 2.88 bits per heavy atom. The highest BCUT2D eigenvalue weighted by molar-refractivity contribution is 6.30. The minimum atomic E-state index is -0.199. The fraction of sp³-hybridized carbons (Fsp3) is 0.538. The molecule has 0 aromatic heterocycles. The van der Waals surface area contributed by atoms with Gasteiger partial charge in [-0.3, -0.25) is 0 Å². The van der Waals surface area contributed by atoms with Crippen LogP contribution in [0.25, 0.3) is 0 Å². The Bertz CT molecular complexity index is 346. The van der Waals surface area contributed by atoms with Crippen molar-refractivity contribution in [2.24, 2.45) is 0 Å². The van der Waals surface area contributed by atoms with Gasteiger partial charge >= 0.3 is 0 Å². The van der Waals surface area contributed by atoms with Crippen molar-refractivity contribution in [3.63, 3.8) is 0 Å². The Morgan fingerprint density at radius 1 is 1.47 bits per heavy atom. The Balaban J connectivity index is 2.67. The highest BCUT2D eigenvalue weighted by Crippen LogP contribution is 2.17. The van der Waals surface area contributed by atoms with Gasteiger partial charge in [0.2, 0.25) is 0 Å². The first-order valence-electron chi connectivity index (χ1n) is 5.83. The minimum Gasteiger partial charge on any atom is -0.385 e. The Hall–Kier alpha value is -0.640. The first-order valence-corrected chi connectivity index (χ1v) is 6.21. The average Bonchev–Trinajstić information content (AvgIpc) is 2.31. The van der Waals surface area contributed by atoms with Crippen molar-refractivity contribution in [1.29, 1.82) is 0 Å². The highest BCUT2D eigenvalue weighted by Gasteiger charge is 2.11. The lowest BCUT2D eigenvalue weighted by Gasteiger charge is -2.18. The summed E-state index contributed by atoms with van der Waals surface area (Å²) in [6, 6.07) is 4.89. The van der Waals surface area contributed by atoms with Gasteiger partial charge in [0.05, 0.1) is 0 Å². The number of methoxy groups -OCH3 is 1. The zero-order valence-electron chi connectivity index (χ0n) is 10.3. The molecule has 96 valence electrons. The van der Waals surface area contributed by atoms with Gasteiger partial charge in [0.15, 0.2) is 0 Å². The van der Waals surface area contributed by atoms with Gasteiger partial charge in [-0.05, 0) is 43.1 Å². The number of benzene rings is 1. The van der Waals surface area contributed by atoms with Crippen molar-refractivity contribution in [3.8, 4) is 0 Å². The normalized spacial score (nSPS) is 12.7. The smallest absolute Gasteiger partial charge is 0.126 e. The molecule has 0 bridgehead atoms. The lowest BCUT2D eigenvalue weighted by atomic mass is 10.0. The van der Waals surface area contributed by atoms with E-state index in [0.717, 1.165) is 13.0 Å². The molecule has 0 heterocycles. The van der Waals surface area contributed by atoms with Crippen LogP contribution < -0.4 is 5.32 Å². The van der Waals surface area contributed by atoms with Gasteiger partial charge in [-0.1, -0.05) is 18.5 Å².